The first-order valence-electron chi connectivity index (χ1n) is 5.27. The number of nitrogens with one attached hydrogen (secondary N) is 1. The van der Waals surface area contributed by atoms with Crippen LogP contribution in [0.25, 0.3) is 0 Å². The van der Waals surface area contributed by atoms with E-state index >= 15 is 0 Å². The van der Waals surface area contributed by atoms with Crippen LogP contribution in [0.2, 0.25) is 0 Å². The Labute approximate surface area is 113 Å². The second-order valence-electron chi connectivity index (χ2n) is 3.48. The molecule has 1 heterocycles. The summed E-state index contributed by atoms with van der Waals surface area (Å²) in [4.78, 5) is 15.1. The summed E-state index contributed by atoms with van der Waals surface area (Å²) in [6.07, 6.45) is 5.80. The van der Waals surface area contributed by atoms with Crippen molar-refractivity contribution in [3.8, 4) is 0 Å². The quantitative estimate of drug-likeness (QED) is 0.756. The first kappa shape index (κ1) is 14.3. The predicted octanol–water partition coefficient (Wildman–Crippen LogP) is 3.10. The smallest absolute Gasteiger partial charge is 0.339 e. The van der Waals surface area contributed by atoms with E-state index in [9.17, 15) is 4.79 Å². The minimum atomic E-state index is -0.967. The van der Waals surface area contributed by atoms with E-state index in [0.717, 1.165) is 25.1 Å². The molecule has 94 valence electrons. The van der Waals surface area contributed by atoms with Crippen LogP contribution in [-0.2, 0) is 0 Å². The van der Waals surface area contributed by atoms with Gasteiger partial charge in [-0.2, -0.15) is 11.8 Å². The highest BCUT2D eigenvalue weighted by molar-refractivity contribution is 9.10. The third-order valence-corrected chi connectivity index (χ3v) is 3.28. The van der Waals surface area contributed by atoms with Gasteiger partial charge in [-0.05, 0) is 46.8 Å². The van der Waals surface area contributed by atoms with Gasteiger partial charge in [-0.15, -0.1) is 0 Å². The van der Waals surface area contributed by atoms with Crippen molar-refractivity contribution in [2.45, 2.75) is 12.8 Å². The van der Waals surface area contributed by atoms with Gasteiger partial charge in [-0.1, -0.05) is 0 Å². The van der Waals surface area contributed by atoms with Crippen molar-refractivity contribution in [2.75, 3.05) is 23.9 Å². The lowest BCUT2D eigenvalue weighted by atomic mass is 10.2. The minimum absolute atomic E-state index is 0.198. The Kier molecular flexibility index (Phi) is 6.36. The first-order valence-corrected chi connectivity index (χ1v) is 7.45. The Morgan fingerprint density at radius 1 is 1.59 bits per heavy atom. The van der Waals surface area contributed by atoms with Gasteiger partial charge in [-0.3, -0.25) is 0 Å². The Bertz CT molecular complexity index is 388. The van der Waals surface area contributed by atoms with Crippen LogP contribution in [-0.4, -0.2) is 34.6 Å². The van der Waals surface area contributed by atoms with Crippen LogP contribution in [0.3, 0.4) is 0 Å². The molecular weight excluding hydrogens is 304 g/mol. The number of pyridine rings is 1. The summed E-state index contributed by atoms with van der Waals surface area (Å²) in [5, 5.41) is 12.1. The highest BCUT2D eigenvalue weighted by Crippen LogP contribution is 2.18. The van der Waals surface area contributed by atoms with Gasteiger partial charge in [0.1, 0.15) is 11.4 Å². The van der Waals surface area contributed by atoms with E-state index in [2.05, 4.69) is 32.5 Å². The van der Waals surface area contributed by atoms with E-state index in [1.54, 1.807) is 12.3 Å². The number of thioether (sulfide) groups is 1. The molecule has 0 amide bonds. The van der Waals surface area contributed by atoms with E-state index < -0.39 is 5.97 Å². The summed E-state index contributed by atoms with van der Waals surface area (Å²) in [5.74, 6) is 0.594. The van der Waals surface area contributed by atoms with Crippen molar-refractivity contribution in [3.63, 3.8) is 0 Å². The number of hydrogen-bond donors (Lipinski definition) is 2. The zero-order valence-electron chi connectivity index (χ0n) is 9.57. The number of halogens is 1. The lowest BCUT2D eigenvalue weighted by molar-refractivity contribution is 0.0697. The van der Waals surface area contributed by atoms with Crippen LogP contribution in [0.1, 0.15) is 23.2 Å². The van der Waals surface area contributed by atoms with Gasteiger partial charge < -0.3 is 10.4 Å². The van der Waals surface area contributed by atoms with Crippen molar-refractivity contribution in [2.24, 2.45) is 0 Å². The second-order valence-corrected chi connectivity index (χ2v) is 5.38. The lowest BCUT2D eigenvalue weighted by Crippen LogP contribution is -2.09. The molecule has 0 saturated heterocycles. The maximum Gasteiger partial charge on any atom is 0.339 e. The number of nitrogens with zero attached hydrogens (tertiary/aromatic N) is 1. The number of aromatic nitrogens is 1. The van der Waals surface area contributed by atoms with Gasteiger partial charge in [0.2, 0.25) is 0 Å². The number of unbranched alkanes of at least 4 members (excludes halogenated alkanes) is 1. The summed E-state index contributed by atoms with van der Waals surface area (Å²) in [5.41, 5.74) is 0.198. The van der Waals surface area contributed by atoms with E-state index in [0.29, 0.717) is 10.3 Å². The first-order chi connectivity index (χ1) is 8.15. The van der Waals surface area contributed by atoms with Crippen molar-refractivity contribution >= 4 is 39.5 Å². The van der Waals surface area contributed by atoms with Gasteiger partial charge >= 0.3 is 5.97 Å². The minimum Gasteiger partial charge on any atom is -0.478 e. The van der Waals surface area contributed by atoms with Gasteiger partial charge in [0, 0.05) is 17.2 Å². The number of carbonyl (C=O) groups is 1. The zero-order valence-corrected chi connectivity index (χ0v) is 12.0. The number of anilines is 1. The molecule has 0 aliphatic rings. The molecule has 1 aromatic heterocycles. The SMILES string of the molecule is CSCCCCNc1ncc(Br)cc1C(=O)O. The molecule has 0 aliphatic heterocycles. The molecule has 0 radical (unpaired) electrons. The average molecular weight is 319 g/mol. The largest absolute Gasteiger partial charge is 0.478 e. The molecule has 6 heteroatoms. The molecule has 0 bridgehead atoms. The van der Waals surface area contributed by atoms with E-state index in [4.69, 9.17) is 5.11 Å². The van der Waals surface area contributed by atoms with Crippen LogP contribution in [0.4, 0.5) is 5.82 Å². The van der Waals surface area contributed by atoms with Crippen molar-refractivity contribution in [1.82, 2.24) is 4.98 Å². The molecule has 1 aromatic rings. The highest BCUT2D eigenvalue weighted by atomic mass is 79.9. The summed E-state index contributed by atoms with van der Waals surface area (Å²) in [6, 6.07) is 1.56. The average Bonchev–Trinajstić information content (AvgIpc) is 2.30. The standard InChI is InChI=1S/C11H15BrN2O2S/c1-17-5-3-2-4-13-10-9(11(15)16)6-8(12)7-14-10/h6-7H,2-5H2,1H3,(H,13,14)(H,15,16). The summed E-state index contributed by atoms with van der Waals surface area (Å²) in [7, 11) is 0. The summed E-state index contributed by atoms with van der Waals surface area (Å²) < 4.78 is 0.669. The number of hydrogen-bond acceptors (Lipinski definition) is 4. The fraction of sp³-hybridized carbons (Fsp3) is 0.455. The number of aromatic carboxylic acids is 1. The summed E-state index contributed by atoms with van der Waals surface area (Å²) >= 11 is 5.02. The van der Waals surface area contributed by atoms with Gasteiger partial charge in [0.25, 0.3) is 0 Å². The van der Waals surface area contributed by atoms with Gasteiger partial charge in [0.15, 0.2) is 0 Å². The van der Waals surface area contributed by atoms with Gasteiger partial charge in [0.05, 0.1) is 0 Å². The number of carboxylic acids is 1. The molecule has 0 fully saturated rings. The van der Waals surface area contributed by atoms with Crippen LogP contribution >= 0.6 is 27.7 Å². The summed E-state index contributed by atoms with van der Waals surface area (Å²) in [6.45, 7) is 0.746. The molecule has 0 atom stereocenters. The van der Waals surface area contributed by atoms with E-state index in [-0.39, 0.29) is 5.56 Å². The second kappa shape index (κ2) is 7.55. The van der Waals surface area contributed by atoms with Gasteiger partial charge in [-0.25, -0.2) is 9.78 Å². The molecule has 17 heavy (non-hydrogen) atoms. The third kappa shape index (κ3) is 4.95. The van der Waals surface area contributed by atoms with Crippen LogP contribution in [0.15, 0.2) is 16.7 Å². The van der Waals surface area contributed by atoms with Crippen LogP contribution in [0, 0.1) is 0 Å². The molecular formula is C11H15BrN2O2S. The fourth-order valence-electron chi connectivity index (χ4n) is 1.32. The van der Waals surface area contributed by atoms with Crippen molar-refractivity contribution in [1.29, 1.82) is 0 Å². The molecule has 0 aromatic carbocycles. The van der Waals surface area contributed by atoms with E-state index in [1.807, 2.05) is 11.8 Å². The fourth-order valence-corrected chi connectivity index (χ4v) is 2.15. The van der Waals surface area contributed by atoms with E-state index in [1.165, 1.54) is 0 Å². The molecule has 0 spiro atoms. The number of rotatable bonds is 7. The maximum absolute atomic E-state index is 11.0. The highest BCUT2D eigenvalue weighted by Gasteiger charge is 2.11. The van der Waals surface area contributed by atoms with Crippen LogP contribution in [0.5, 0.6) is 0 Å². The van der Waals surface area contributed by atoms with Crippen molar-refractivity contribution in [3.05, 3.63) is 22.3 Å². The normalized spacial score (nSPS) is 10.2. The monoisotopic (exact) mass is 318 g/mol. The Balaban J connectivity index is 2.55. The Morgan fingerprint density at radius 3 is 3.00 bits per heavy atom. The topological polar surface area (TPSA) is 62.2 Å². The molecule has 1 rings (SSSR count). The molecule has 2 N–H and O–H groups in total. The lowest BCUT2D eigenvalue weighted by Gasteiger charge is -2.08. The predicted molar refractivity (Wildman–Crippen MR) is 75.0 cm³/mol. The molecule has 0 unspecified atom stereocenters. The Hall–Kier alpha value is -0.750. The molecule has 0 aliphatic carbocycles. The Morgan fingerprint density at radius 2 is 2.35 bits per heavy atom. The maximum atomic E-state index is 11.0. The molecule has 0 saturated carbocycles. The third-order valence-electron chi connectivity index (χ3n) is 2.15. The van der Waals surface area contributed by atoms with Crippen LogP contribution < -0.4 is 5.32 Å². The number of carboxylic acid groups (broad SMARTS) is 1. The molecule has 4 nitrogen and oxygen atoms in total. The van der Waals surface area contributed by atoms with Crippen molar-refractivity contribution < 1.29 is 9.90 Å². The zero-order chi connectivity index (χ0) is 12.7.